The van der Waals surface area contributed by atoms with Gasteiger partial charge in [0.1, 0.15) is 0 Å². The molecule has 6 rings (SSSR count). The van der Waals surface area contributed by atoms with Crippen LogP contribution in [0.15, 0.2) is 97.1 Å². The summed E-state index contributed by atoms with van der Waals surface area (Å²) in [5, 5.41) is 0. The van der Waals surface area contributed by atoms with Gasteiger partial charge >= 0.3 is 99.2 Å². The van der Waals surface area contributed by atoms with Crippen molar-refractivity contribution in [1.29, 1.82) is 0 Å². The maximum absolute atomic E-state index is 3.77. The Hall–Kier alpha value is -2.89. The van der Waals surface area contributed by atoms with E-state index in [1.807, 2.05) is 0 Å². The first-order chi connectivity index (χ1) is 17.5. The second-order valence-electron chi connectivity index (χ2n) is 9.76. The molecule has 0 saturated carbocycles. The van der Waals surface area contributed by atoms with Crippen molar-refractivity contribution < 1.29 is 24.2 Å². The molecule has 2 aliphatic rings. The van der Waals surface area contributed by atoms with Gasteiger partial charge in [0.25, 0.3) is 0 Å². The summed E-state index contributed by atoms with van der Waals surface area (Å²) >= 11 is 1.46. The number of fused-ring (bicyclic) bond motifs is 3. The molecule has 36 heavy (non-hydrogen) atoms. The summed E-state index contributed by atoms with van der Waals surface area (Å²) in [6.45, 7) is 9.01. The zero-order valence-electron chi connectivity index (χ0n) is 21.5. The summed E-state index contributed by atoms with van der Waals surface area (Å²) in [5.74, 6) is 0.399. The van der Waals surface area contributed by atoms with Gasteiger partial charge in [-0.05, 0) is 37.3 Å². The van der Waals surface area contributed by atoms with Gasteiger partial charge in [0.15, 0.2) is 0 Å². The molecule has 0 spiro atoms. The second-order valence-corrected chi connectivity index (χ2v) is 11.0. The van der Waals surface area contributed by atoms with Crippen molar-refractivity contribution in [3.63, 3.8) is 0 Å². The van der Waals surface area contributed by atoms with E-state index in [0.717, 1.165) is 6.42 Å². The molecule has 0 amide bonds. The summed E-state index contributed by atoms with van der Waals surface area (Å²) in [7, 11) is 0. The average molecular weight is 543 g/mol. The van der Waals surface area contributed by atoms with Crippen LogP contribution in [0.25, 0.3) is 11.1 Å². The van der Waals surface area contributed by atoms with Crippen LogP contribution in [0.2, 0.25) is 0 Å². The molecule has 0 unspecified atom stereocenters. The molecule has 0 fully saturated rings. The van der Waals surface area contributed by atoms with Gasteiger partial charge in [0, 0.05) is 0 Å². The van der Waals surface area contributed by atoms with E-state index >= 15 is 0 Å². The van der Waals surface area contributed by atoms with Crippen LogP contribution < -0.4 is 0 Å². The van der Waals surface area contributed by atoms with Crippen LogP contribution in [0.3, 0.4) is 0 Å². The van der Waals surface area contributed by atoms with Crippen molar-refractivity contribution >= 4 is 3.21 Å². The Labute approximate surface area is 230 Å². The molecule has 0 saturated heterocycles. The van der Waals surface area contributed by atoms with Crippen molar-refractivity contribution in [2.24, 2.45) is 0 Å². The molecule has 0 heterocycles. The molecule has 4 aromatic carbocycles. The van der Waals surface area contributed by atoms with E-state index in [2.05, 4.69) is 131 Å². The van der Waals surface area contributed by atoms with Crippen molar-refractivity contribution in [1.82, 2.24) is 0 Å². The van der Waals surface area contributed by atoms with Crippen molar-refractivity contribution in [2.75, 3.05) is 0 Å². The molecule has 1 heteroatoms. The summed E-state index contributed by atoms with van der Waals surface area (Å²) in [4.78, 5) is 0. The molecule has 176 valence electrons. The van der Waals surface area contributed by atoms with E-state index in [-0.39, 0.29) is 0 Å². The Morgan fingerprint density at radius 3 is 1.86 bits per heavy atom. The van der Waals surface area contributed by atoms with Crippen molar-refractivity contribution in [3.05, 3.63) is 153 Å². The van der Waals surface area contributed by atoms with E-state index < -0.39 is 0 Å². The molecule has 0 aromatic heterocycles. The number of aryl methyl sites for hydroxylation is 1. The number of hydrogen-bond donors (Lipinski definition) is 0. The number of benzene rings is 4. The van der Waals surface area contributed by atoms with Crippen LogP contribution in [0.1, 0.15) is 56.0 Å². The van der Waals surface area contributed by atoms with Crippen LogP contribution in [0.4, 0.5) is 0 Å². The normalized spacial score (nSPS) is 13.2. The summed E-state index contributed by atoms with van der Waals surface area (Å²) < 4.78 is 1.42. The first-order valence-corrected chi connectivity index (χ1v) is 13.9. The Morgan fingerprint density at radius 2 is 1.28 bits per heavy atom. The van der Waals surface area contributed by atoms with Gasteiger partial charge in [-0.25, -0.2) is 0 Å². The summed E-state index contributed by atoms with van der Waals surface area (Å²) in [6.07, 6.45) is 9.84. The SMILES string of the molecule is Cc1ccc2c(c1C)-c1c([c-]c(C3C=CC=C3)c(C)c1C)C2.[Zr]=[C](c1ccccc1)c1ccccc1. The molecule has 0 atom stereocenters. The first kappa shape index (κ1) is 24.8. The third-order valence-electron chi connectivity index (χ3n) is 7.57. The standard InChI is InChI=1S/C22H21.C13H10.Zr/c1-13-9-10-18-11-19-12-20(17-7-5-6-8-17)15(3)16(4)22(19)21(18)14(13)2;1-3-7-12(8-4-1)11-13-9-5-2-6-10-13;/h5-10,17H,11H2,1-4H3;1-10H;/q-1;;. The molecule has 0 nitrogen and oxygen atoms in total. The molecule has 0 N–H and O–H groups in total. The monoisotopic (exact) mass is 541 g/mol. The molecular formula is C35H31Zr-. The van der Waals surface area contributed by atoms with Gasteiger partial charge in [-0.3, -0.25) is 0 Å². The van der Waals surface area contributed by atoms with Gasteiger partial charge in [-0.1, -0.05) is 61.4 Å². The third-order valence-corrected chi connectivity index (χ3v) is 8.99. The fourth-order valence-corrected chi connectivity index (χ4v) is 6.12. The van der Waals surface area contributed by atoms with E-state index in [1.54, 1.807) is 0 Å². The topological polar surface area (TPSA) is 0 Å². The van der Waals surface area contributed by atoms with Crippen LogP contribution in [-0.2, 0) is 30.7 Å². The predicted octanol–water partition coefficient (Wildman–Crippen LogP) is 8.30. The quantitative estimate of drug-likeness (QED) is 0.201. The van der Waals surface area contributed by atoms with Gasteiger partial charge in [-0.15, -0.1) is 22.3 Å². The van der Waals surface area contributed by atoms with Gasteiger partial charge in [0.2, 0.25) is 0 Å². The van der Waals surface area contributed by atoms with E-state index in [0.29, 0.717) is 5.92 Å². The Morgan fingerprint density at radius 1 is 0.694 bits per heavy atom. The van der Waals surface area contributed by atoms with Crippen LogP contribution in [0, 0.1) is 33.8 Å². The molecule has 0 bridgehead atoms. The maximum atomic E-state index is 3.77. The Kier molecular flexibility index (Phi) is 7.31. The predicted molar refractivity (Wildman–Crippen MR) is 150 cm³/mol. The average Bonchev–Trinajstić information content (AvgIpc) is 3.58. The minimum atomic E-state index is 0.399. The van der Waals surface area contributed by atoms with E-state index in [1.165, 1.54) is 88.6 Å². The van der Waals surface area contributed by atoms with Crippen LogP contribution in [0.5, 0.6) is 0 Å². The van der Waals surface area contributed by atoms with Crippen LogP contribution in [-0.4, -0.2) is 3.21 Å². The number of hydrogen-bond acceptors (Lipinski definition) is 0. The summed E-state index contributed by atoms with van der Waals surface area (Å²) in [6, 6.07) is 29.4. The first-order valence-electron chi connectivity index (χ1n) is 12.6. The molecule has 4 aromatic rings. The summed E-state index contributed by atoms with van der Waals surface area (Å²) in [5.41, 5.74) is 15.4. The molecule has 0 aliphatic heterocycles. The number of allylic oxidation sites excluding steroid dienone is 4. The van der Waals surface area contributed by atoms with Gasteiger partial charge in [0.05, 0.1) is 0 Å². The van der Waals surface area contributed by atoms with Gasteiger partial charge in [-0.2, -0.15) is 11.6 Å². The fraction of sp³-hybridized carbons (Fsp3) is 0.171. The van der Waals surface area contributed by atoms with Crippen molar-refractivity contribution in [3.8, 4) is 11.1 Å². The minimum absolute atomic E-state index is 0.399. The fourth-order valence-electron chi connectivity index (χ4n) is 5.30. The van der Waals surface area contributed by atoms with Gasteiger partial charge < -0.3 is 0 Å². The number of rotatable bonds is 3. The molecule has 2 aliphatic carbocycles. The zero-order chi connectivity index (χ0) is 25.2. The van der Waals surface area contributed by atoms with Crippen molar-refractivity contribution in [2.45, 2.75) is 40.0 Å². The van der Waals surface area contributed by atoms with Crippen LogP contribution >= 0.6 is 0 Å². The molecule has 0 radical (unpaired) electrons. The molecular weight excluding hydrogens is 512 g/mol. The zero-order valence-corrected chi connectivity index (χ0v) is 24.0. The second kappa shape index (κ2) is 10.6. The Balaban J connectivity index is 0.000000165. The van der Waals surface area contributed by atoms with E-state index in [4.69, 9.17) is 0 Å². The van der Waals surface area contributed by atoms with E-state index in [9.17, 15) is 0 Å². The Bertz CT molecular complexity index is 1430. The third kappa shape index (κ3) is 4.74.